The van der Waals surface area contributed by atoms with Crippen LogP contribution < -0.4 is 5.32 Å². The molecule has 2 fully saturated rings. The normalized spacial score (nSPS) is 17.9. The number of aromatic nitrogens is 6. The molecule has 1 N–H and O–H groups in total. The van der Waals surface area contributed by atoms with E-state index in [1.807, 2.05) is 0 Å². The quantitative estimate of drug-likeness (QED) is 0.804. The standard InChI is InChI=1S/C11H13N7OS2/c19-8(12-10-14-13-9(21-10)6-1-2-6)5-20-11-15-16-17-18(11)7-3-4-7/h6-7H,1-5H2,(H,12,14,19). The Kier molecular flexibility index (Phi) is 3.34. The zero-order valence-electron chi connectivity index (χ0n) is 11.1. The van der Waals surface area contributed by atoms with E-state index in [2.05, 4.69) is 31.0 Å². The minimum absolute atomic E-state index is 0.108. The lowest BCUT2D eigenvalue weighted by Crippen LogP contribution is -2.14. The Bertz CT molecular complexity index is 661. The number of nitrogens with zero attached hydrogens (tertiary/aromatic N) is 6. The second-order valence-corrected chi connectivity index (χ2v) is 7.15. The van der Waals surface area contributed by atoms with Gasteiger partial charge in [0.2, 0.25) is 16.2 Å². The fourth-order valence-electron chi connectivity index (χ4n) is 1.89. The van der Waals surface area contributed by atoms with Crippen molar-refractivity contribution in [3.8, 4) is 0 Å². The summed E-state index contributed by atoms with van der Waals surface area (Å²) in [5.74, 6) is 0.723. The van der Waals surface area contributed by atoms with E-state index in [0.29, 0.717) is 22.2 Å². The van der Waals surface area contributed by atoms with E-state index < -0.39 is 0 Å². The fourth-order valence-corrected chi connectivity index (χ4v) is 3.57. The molecule has 2 saturated carbocycles. The minimum atomic E-state index is -0.108. The van der Waals surface area contributed by atoms with Crippen LogP contribution in [0.15, 0.2) is 5.16 Å². The maximum absolute atomic E-state index is 11.9. The van der Waals surface area contributed by atoms with Crippen LogP contribution in [0.2, 0.25) is 0 Å². The molecule has 0 aromatic carbocycles. The molecule has 21 heavy (non-hydrogen) atoms. The molecule has 1 amide bonds. The van der Waals surface area contributed by atoms with Crippen LogP contribution in [0.4, 0.5) is 5.13 Å². The Balaban J connectivity index is 1.31. The van der Waals surface area contributed by atoms with Crippen LogP contribution in [0.3, 0.4) is 0 Å². The zero-order valence-corrected chi connectivity index (χ0v) is 12.7. The van der Waals surface area contributed by atoms with Crippen molar-refractivity contribution < 1.29 is 4.79 Å². The van der Waals surface area contributed by atoms with Gasteiger partial charge in [0, 0.05) is 5.92 Å². The lowest BCUT2D eigenvalue weighted by molar-refractivity contribution is -0.113. The number of carbonyl (C=O) groups excluding carboxylic acids is 1. The molecule has 2 aliphatic carbocycles. The van der Waals surface area contributed by atoms with Crippen molar-refractivity contribution in [1.29, 1.82) is 0 Å². The zero-order chi connectivity index (χ0) is 14.2. The number of rotatable bonds is 6. The van der Waals surface area contributed by atoms with Crippen LogP contribution in [0.1, 0.15) is 42.7 Å². The molecule has 0 spiro atoms. The predicted octanol–water partition coefficient (Wildman–Crippen LogP) is 1.47. The van der Waals surface area contributed by atoms with Gasteiger partial charge in [0.15, 0.2) is 0 Å². The van der Waals surface area contributed by atoms with Crippen molar-refractivity contribution in [1.82, 2.24) is 30.4 Å². The summed E-state index contributed by atoms with van der Waals surface area (Å²) in [6, 6.07) is 0.412. The second-order valence-electron chi connectivity index (χ2n) is 5.19. The molecule has 2 aliphatic rings. The monoisotopic (exact) mass is 323 g/mol. The Morgan fingerprint density at radius 2 is 2.14 bits per heavy atom. The minimum Gasteiger partial charge on any atom is -0.300 e. The first-order valence-corrected chi connectivity index (χ1v) is 8.64. The van der Waals surface area contributed by atoms with E-state index in [1.165, 1.54) is 35.9 Å². The van der Waals surface area contributed by atoms with Crippen molar-refractivity contribution in [2.75, 3.05) is 11.1 Å². The number of nitrogens with one attached hydrogen (secondary N) is 1. The van der Waals surface area contributed by atoms with Gasteiger partial charge in [0.1, 0.15) is 5.01 Å². The number of carbonyl (C=O) groups is 1. The van der Waals surface area contributed by atoms with Gasteiger partial charge in [-0.15, -0.1) is 15.3 Å². The average Bonchev–Trinajstić information content (AvgIpc) is 3.41. The van der Waals surface area contributed by atoms with Gasteiger partial charge in [-0.2, -0.15) is 0 Å². The number of amides is 1. The Morgan fingerprint density at radius 1 is 1.29 bits per heavy atom. The summed E-state index contributed by atoms with van der Waals surface area (Å²) in [5.41, 5.74) is 0. The first-order chi connectivity index (χ1) is 10.3. The van der Waals surface area contributed by atoms with Crippen molar-refractivity contribution in [2.45, 2.75) is 42.8 Å². The Hall–Kier alpha value is -1.55. The van der Waals surface area contributed by atoms with Crippen LogP contribution in [0.5, 0.6) is 0 Å². The first-order valence-electron chi connectivity index (χ1n) is 6.83. The van der Waals surface area contributed by atoms with E-state index in [9.17, 15) is 4.79 Å². The van der Waals surface area contributed by atoms with Gasteiger partial charge >= 0.3 is 0 Å². The molecular weight excluding hydrogens is 310 g/mol. The molecule has 0 atom stereocenters. The highest BCUT2D eigenvalue weighted by molar-refractivity contribution is 7.99. The highest BCUT2D eigenvalue weighted by Crippen LogP contribution is 2.42. The Morgan fingerprint density at radius 3 is 2.90 bits per heavy atom. The van der Waals surface area contributed by atoms with Crippen molar-refractivity contribution in [3.05, 3.63) is 5.01 Å². The van der Waals surface area contributed by atoms with Crippen LogP contribution in [-0.2, 0) is 4.79 Å². The van der Waals surface area contributed by atoms with Crippen LogP contribution >= 0.6 is 23.1 Å². The first kappa shape index (κ1) is 13.1. The fraction of sp³-hybridized carbons (Fsp3) is 0.636. The number of hydrogen-bond donors (Lipinski definition) is 1. The molecule has 110 valence electrons. The van der Waals surface area contributed by atoms with E-state index in [4.69, 9.17) is 0 Å². The topological polar surface area (TPSA) is 98.5 Å². The van der Waals surface area contributed by atoms with Crippen LogP contribution in [-0.4, -0.2) is 42.1 Å². The van der Waals surface area contributed by atoms with Gasteiger partial charge in [-0.25, -0.2) is 4.68 Å². The molecule has 10 heteroatoms. The maximum atomic E-state index is 11.9. The van der Waals surface area contributed by atoms with Gasteiger partial charge < -0.3 is 0 Å². The van der Waals surface area contributed by atoms with E-state index >= 15 is 0 Å². The maximum Gasteiger partial charge on any atom is 0.236 e. The summed E-state index contributed by atoms with van der Waals surface area (Å²) >= 11 is 2.81. The lowest BCUT2D eigenvalue weighted by Gasteiger charge is -2.02. The number of anilines is 1. The molecule has 8 nitrogen and oxygen atoms in total. The largest absolute Gasteiger partial charge is 0.300 e. The summed E-state index contributed by atoms with van der Waals surface area (Å²) in [4.78, 5) is 11.9. The van der Waals surface area contributed by atoms with Gasteiger partial charge in [0.25, 0.3) is 0 Å². The van der Waals surface area contributed by atoms with Crippen LogP contribution in [0, 0.1) is 0 Å². The van der Waals surface area contributed by atoms with E-state index in [1.54, 1.807) is 4.68 Å². The SMILES string of the molecule is O=C(CSc1nnnn1C1CC1)Nc1nnc(C2CC2)s1. The molecule has 0 bridgehead atoms. The number of tetrazole rings is 1. The molecule has 4 rings (SSSR count). The molecule has 2 aromatic rings. The third kappa shape index (κ3) is 3.05. The lowest BCUT2D eigenvalue weighted by atomic mass is 10.5. The molecule has 2 aromatic heterocycles. The van der Waals surface area contributed by atoms with Crippen molar-refractivity contribution in [3.63, 3.8) is 0 Å². The predicted molar refractivity (Wildman–Crippen MR) is 77.3 cm³/mol. The third-order valence-electron chi connectivity index (χ3n) is 3.30. The van der Waals surface area contributed by atoms with Gasteiger partial charge in [-0.05, 0) is 36.1 Å². The smallest absolute Gasteiger partial charge is 0.236 e. The summed E-state index contributed by atoms with van der Waals surface area (Å²) < 4.78 is 1.80. The van der Waals surface area contributed by atoms with Crippen molar-refractivity contribution >= 4 is 34.1 Å². The molecule has 0 aliphatic heterocycles. The molecule has 0 radical (unpaired) electrons. The van der Waals surface area contributed by atoms with Crippen LogP contribution in [0.25, 0.3) is 0 Å². The summed E-state index contributed by atoms with van der Waals surface area (Å²) in [5, 5.41) is 24.7. The highest BCUT2D eigenvalue weighted by Gasteiger charge is 2.29. The molecule has 0 saturated heterocycles. The molecule has 2 heterocycles. The van der Waals surface area contributed by atoms with Gasteiger partial charge in [-0.3, -0.25) is 10.1 Å². The van der Waals surface area contributed by atoms with Crippen molar-refractivity contribution in [2.24, 2.45) is 0 Å². The van der Waals surface area contributed by atoms with E-state index in [0.717, 1.165) is 17.8 Å². The molecule has 0 unspecified atom stereocenters. The number of hydrogen-bond acceptors (Lipinski definition) is 8. The summed E-state index contributed by atoms with van der Waals surface area (Å²) in [6.45, 7) is 0. The summed E-state index contributed by atoms with van der Waals surface area (Å²) in [6.07, 6.45) is 4.59. The summed E-state index contributed by atoms with van der Waals surface area (Å²) in [7, 11) is 0. The number of thioether (sulfide) groups is 1. The van der Waals surface area contributed by atoms with E-state index in [-0.39, 0.29) is 11.7 Å². The van der Waals surface area contributed by atoms with Gasteiger partial charge in [-0.1, -0.05) is 23.1 Å². The third-order valence-corrected chi connectivity index (χ3v) is 5.24. The highest BCUT2D eigenvalue weighted by atomic mass is 32.2. The van der Waals surface area contributed by atoms with Gasteiger partial charge in [0.05, 0.1) is 11.8 Å². The Labute approximate surface area is 128 Å². The second kappa shape index (κ2) is 5.34. The molecular formula is C11H13N7OS2. The average molecular weight is 323 g/mol.